The molecular weight excluding hydrogens is 396 g/mol. The number of nitrogens with zero attached hydrogens (tertiary/aromatic N) is 3. The average molecular weight is 417 g/mol. The molecule has 6 heteroatoms. The molecule has 4 rings (SSSR count). The molecule has 0 saturated carbocycles. The van der Waals surface area contributed by atoms with Gasteiger partial charge in [0.2, 0.25) is 5.82 Å². The van der Waals surface area contributed by atoms with Crippen LogP contribution in [0.15, 0.2) is 66.7 Å². The Kier molecular flexibility index (Phi) is 5.38. The van der Waals surface area contributed by atoms with Crippen molar-refractivity contribution in [3.63, 3.8) is 0 Å². The lowest BCUT2D eigenvalue weighted by molar-refractivity contribution is 0.101. The molecule has 1 N–H and O–H groups in total. The van der Waals surface area contributed by atoms with Crippen molar-refractivity contribution in [1.82, 2.24) is 14.8 Å². The second-order valence-electron chi connectivity index (χ2n) is 7.24. The number of amides is 1. The Bertz CT molecular complexity index is 1210. The van der Waals surface area contributed by atoms with Crippen molar-refractivity contribution in [1.29, 1.82) is 0 Å². The number of para-hydroxylation sites is 1. The van der Waals surface area contributed by atoms with Gasteiger partial charge in [0.15, 0.2) is 5.82 Å². The van der Waals surface area contributed by atoms with Crippen molar-refractivity contribution >= 4 is 23.2 Å². The second-order valence-corrected chi connectivity index (χ2v) is 7.67. The van der Waals surface area contributed by atoms with E-state index in [9.17, 15) is 4.79 Å². The third-order valence-corrected chi connectivity index (χ3v) is 5.13. The molecule has 3 aromatic carbocycles. The molecule has 0 aliphatic rings. The van der Waals surface area contributed by atoms with Crippen LogP contribution in [0.2, 0.25) is 5.02 Å². The number of halogens is 1. The first-order chi connectivity index (χ1) is 14.4. The minimum absolute atomic E-state index is 0.0909. The Morgan fingerprint density at radius 3 is 2.27 bits per heavy atom. The van der Waals surface area contributed by atoms with E-state index in [2.05, 4.69) is 15.4 Å². The van der Waals surface area contributed by atoms with Crippen molar-refractivity contribution in [3.8, 4) is 17.1 Å². The van der Waals surface area contributed by atoms with E-state index in [0.29, 0.717) is 10.8 Å². The first kappa shape index (κ1) is 19.9. The minimum Gasteiger partial charge on any atom is -0.319 e. The predicted octanol–water partition coefficient (Wildman–Crippen LogP) is 5.77. The summed E-state index contributed by atoms with van der Waals surface area (Å²) in [5, 5.41) is 8.07. The zero-order valence-corrected chi connectivity index (χ0v) is 17.7. The molecule has 1 amide bonds. The Morgan fingerprint density at radius 1 is 0.933 bits per heavy atom. The van der Waals surface area contributed by atoms with Gasteiger partial charge in [-0.15, -0.1) is 5.10 Å². The van der Waals surface area contributed by atoms with Gasteiger partial charge in [-0.1, -0.05) is 59.6 Å². The number of benzene rings is 3. The van der Waals surface area contributed by atoms with Crippen LogP contribution in [0.4, 0.5) is 5.69 Å². The fourth-order valence-corrected chi connectivity index (χ4v) is 3.46. The summed E-state index contributed by atoms with van der Waals surface area (Å²) in [5.74, 6) is 0.280. The van der Waals surface area contributed by atoms with Crippen LogP contribution < -0.4 is 5.32 Å². The Labute approximate surface area is 180 Å². The lowest BCUT2D eigenvalue weighted by Gasteiger charge is -2.09. The summed E-state index contributed by atoms with van der Waals surface area (Å²) in [4.78, 5) is 17.5. The maximum absolute atomic E-state index is 13.0. The summed E-state index contributed by atoms with van der Waals surface area (Å²) in [6, 6.07) is 21.1. The Morgan fingerprint density at radius 2 is 1.60 bits per heavy atom. The van der Waals surface area contributed by atoms with Crippen LogP contribution in [0.5, 0.6) is 0 Å². The van der Waals surface area contributed by atoms with Gasteiger partial charge < -0.3 is 5.32 Å². The van der Waals surface area contributed by atoms with E-state index in [4.69, 9.17) is 11.6 Å². The van der Waals surface area contributed by atoms with Crippen LogP contribution >= 0.6 is 11.6 Å². The number of hydrogen-bond donors (Lipinski definition) is 1. The smallest absolute Gasteiger partial charge is 0.295 e. The fraction of sp³-hybridized carbons (Fsp3) is 0.125. The number of aromatic nitrogens is 3. The fourth-order valence-electron chi connectivity index (χ4n) is 3.27. The zero-order chi connectivity index (χ0) is 21.3. The summed E-state index contributed by atoms with van der Waals surface area (Å²) in [7, 11) is 0. The highest BCUT2D eigenvalue weighted by atomic mass is 35.5. The monoisotopic (exact) mass is 416 g/mol. The van der Waals surface area contributed by atoms with Crippen molar-refractivity contribution in [2.75, 3.05) is 5.32 Å². The van der Waals surface area contributed by atoms with Crippen molar-refractivity contribution < 1.29 is 4.79 Å². The quantitative estimate of drug-likeness (QED) is 0.459. The molecule has 0 unspecified atom stereocenters. The summed E-state index contributed by atoms with van der Waals surface area (Å²) >= 11 is 6.19. The van der Waals surface area contributed by atoms with Gasteiger partial charge in [0, 0.05) is 16.3 Å². The van der Waals surface area contributed by atoms with Crippen LogP contribution in [-0.4, -0.2) is 20.7 Å². The number of hydrogen-bond acceptors (Lipinski definition) is 3. The van der Waals surface area contributed by atoms with E-state index in [0.717, 1.165) is 33.6 Å². The maximum atomic E-state index is 13.0. The van der Waals surface area contributed by atoms with E-state index < -0.39 is 0 Å². The number of carbonyl (C=O) groups is 1. The lowest BCUT2D eigenvalue weighted by Crippen LogP contribution is -2.16. The van der Waals surface area contributed by atoms with Gasteiger partial charge in [0.25, 0.3) is 5.91 Å². The van der Waals surface area contributed by atoms with E-state index in [1.54, 1.807) is 10.7 Å². The third kappa shape index (κ3) is 3.98. The molecule has 30 heavy (non-hydrogen) atoms. The molecule has 0 aliphatic carbocycles. The van der Waals surface area contributed by atoms with Gasteiger partial charge >= 0.3 is 0 Å². The first-order valence-corrected chi connectivity index (χ1v) is 9.98. The summed E-state index contributed by atoms with van der Waals surface area (Å²) in [6.07, 6.45) is 0. The lowest BCUT2D eigenvalue weighted by atomic mass is 10.1. The van der Waals surface area contributed by atoms with Gasteiger partial charge in [-0.25, -0.2) is 9.67 Å². The van der Waals surface area contributed by atoms with E-state index in [1.165, 1.54) is 0 Å². The molecule has 0 atom stereocenters. The van der Waals surface area contributed by atoms with Gasteiger partial charge in [-0.2, -0.15) is 0 Å². The van der Waals surface area contributed by atoms with Crippen LogP contribution in [0.25, 0.3) is 17.1 Å². The first-order valence-electron chi connectivity index (χ1n) is 9.60. The van der Waals surface area contributed by atoms with Crippen molar-refractivity contribution in [2.45, 2.75) is 20.8 Å². The van der Waals surface area contributed by atoms with Crippen LogP contribution in [0.1, 0.15) is 27.3 Å². The number of rotatable bonds is 4. The highest BCUT2D eigenvalue weighted by Gasteiger charge is 2.20. The molecule has 150 valence electrons. The third-order valence-electron chi connectivity index (χ3n) is 4.89. The molecule has 0 fully saturated rings. The largest absolute Gasteiger partial charge is 0.319 e. The zero-order valence-electron chi connectivity index (χ0n) is 17.0. The van der Waals surface area contributed by atoms with E-state index >= 15 is 0 Å². The number of aryl methyl sites for hydroxylation is 3. The van der Waals surface area contributed by atoms with Gasteiger partial charge in [0.1, 0.15) is 0 Å². The molecule has 0 saturated heterocycles. The molecule has 0 radical (unpaired) electrons. The summed E-state index contributed by atoms with van der Waals surface area (Å²) < 4.78 is 1.67. The molecule has 0 aliphatic heterocycles. The molecule has 4 aromatic rings. The predicted molar refractivity (Wildman–Crippen MR) is 120 cm³/mol. The Balaban J connectivity index is 1.78. The highest BCUT2D eigenvalue weighted by Crippen LogP contribution is 2.25. The standard InChI is InChI=1S/C24H21ClN4O/c1-15-10-12-20(13-11-15)29-23(18-8-5-9-19(25)14-18)27-22(28-29)24(30)26-21-16(2)6-4-7-17(21)3/h4-14H,1-3H3,(H,26,30). The van der Waals surface area contributed by atoms with Gasteiger partial charge in [-0.05, 0) is 56.2 Å². The molecule has 5 nitrogen and oxygen atoms in total. The van der Waals surface area contributed by atoms with Crippen molar-refractivity contribution in [3.05, 3.63) is 94.3 Å². The minimum atomic E-state index is -0.360. The van der Waals surface area contributed by atoms with E-state index in [1.807, 2.05) is 81.4 Å². The van der Waals surface area contributed by atoms with Crippen LogP contribution in [0, 0.1) is 20.8 Å². The summed E-state index contributed by atoms with van der Waals surface area (Å²) in [6.45, 7) is 5.93. The maximum Gasteiger partial charge on any atom is 0.295 e. The topological polar surface area (TPSA) is 59.8 Å². The van der Waals surface area contributed by atoms with E-state index in [-0.39, 0.29) is 11.7 Å². The molecule has 0 bridgehead atoms. The highest BCUT2D eigenvalue weighted by molar-refractivity contribution is 6.30. The van der Waals surface area contributed by atoms with Gasteiger partial charge in [-0.3, -0.25) is 4.79 Å². The summed E-state index contributed by atoms with van der Waals surface area (Å²) in [5.41, 5.74) is 5.47. The van der Waals surface area contributed by atoms with Crippen LogP contribution in [-0.2, 0) is 0 Å². The second kappa shape index (κ2) is 8.13. The molecule has 1 heterocycles. The number of nitrogens with one attached hydrogen (secondary N) is 1. The number of anilines is 1. The molecule has 1 aromatic heterocycles. The molecule has 0 spiro atoms. The molecular formula is C24H21ClN4O. The SMILES string of the molecule is Cc1ccc(-n2nc(C(=O)Nc3c(C)cccc3C)nc2-c2cccc(Cl)c2)cc1. The normalized spacial score (nSPS) is 10.8. The van der Waals surface area contributed by atoms with Crippen LogP contribution in [0.3, 0.4) is 0 Å². The Hall–Kier alpha value is -3.44. The average Bonchev–Trinajstić information content (AvgIpc) is 3.17. The van der Waals surface area contributed by atoms with Crippen molar-refractivity contribution in [2.24, 2.45) is 0 Å². The van der Waals surface area contributed by atoms with Gasteiger partial charge in [0.05, 0.1) is 5.69 Å². The number of carbonyl (C=O) groups excluding carboxylic acids is 1.